The predicted octanol–water partition coefficient (Wildman–Crippen LogP) is 1.52. The van der Waals surface area contributed by atoms with E-state index in [-0.39, 0.29) is 5.78 Å². The lowest BCUT2D eigenvalue weighted by atomic mass is 10.3. The standard InChI is InChI=1S/C7H12O2/c1-3-5-9-6-4-7(2)8/h3,5H,4,6H2,1-2H3/b5-3+. The average Bonchev–Trinajstić information content (AvgIpc) is 1.80. The fraction of sp³-hybridized carbons (Fsp3) is 0.571. The van der Waals surface area contributed by atoms with E-state index in [4.69, 9.17) is 4.74 Å². The Morgan fingerprint density at radius 2 is 2.33 bits per heavy atom. The maximum absolute atomic E-state index is 10.3. The van der Waals surface area contributed by atoms with Crippen LogP contribution in [-0.4, -0.2) is 12.4 Å². The van der Waals surface area contributed by atoms with Crippen LogP contribution in [0.1, 0.15) is 20.3 Å². The number of rotatable bonds is 4. The van der Waals surface area contributed by atoms with Crippen molar-refractivity contribution in [1.82, 2.24) is 0 Å². The summed E-state index contributed by atoms with van der Waals surface area (Å²) in [7, 11) is 0. The summed E-state index contributed by atoms with van der Waals surface area (Å²) in [5.41, 5.74) is 0. The van der Waals surface area contributed by atoms with Crippen LogP contribution >= 0.6 is 0 Å². The van der Waals surface area contributed by atoms with E-state index in [1.165, 1.54) is 0 Å². The molecule has 0 unspecified atom stereocenters. The molecule has 0 rings (SSSR count). The molecule has 2 nitrogen and oxygen atoms in total. The van der Waals surface area contributed by atoms with Crippen LogP contribution in [0.5, 0.6) is 0 Å². The minimum Gasteiger partial charge on any atom is -0.501 e. The number of hydrogen-bond donors (Lipinski definition) is 0. The van der Waals surface area contributed by atoms with Crippen molar-refractivity contribution in [1.29, 1.82) is 0 Å². The summed E-state index contributed by atoms with van der Waals surface area (Å²) in [6.07, 6.45) is 3.88. The van der Waals surface area contributed by atoms with Gasteiger partial charge in [-0.05, 0) is 13.8 Å². The summed E-state index contributed by atoms with van der Waals surface area (Å²) in [4.78, 5) is 10.3. The molecule has 2 heteroatoms. The highest BCUT2D eigenvalue weighted by molar-refractivity contribution is 5.75. The van der Waals surface area contributed by atoms with E-state index in [1.54, 1.807) is 19.3 Å². The van der Waals surface area contributed by atoms with Crippen LogP contribution in [-0.2, 0) is 9.53 Å². The molecule has 0 fully saturated rings. The number of carbonyl (C=O) groups excluding carboxylic acids is 1. The summed E-state index contributed by atoms with van der Waals surface area (Å²) >= 11 is 0. The smallest absolute Gasteiger partial charge is 0.133 e. The van der Waals surface area contributed by atoms with Gasteiger partial charge in [-0.2, -0.15) is 0 Å². The fourth-order valence-electron chi connectivity index (χ4n) is 0.367. The molecule has 0 N–H and O–H groups in total. The van der Waals surface area contributed by atoms with Crippen LogP contribution in [0.15, 0.2) is 12.3 Å². The van der Waals surface area contributed by atoms with Gasteiger partial charge in [-0.1, -0.05) is 6.08 Å². The zero-order valence-electron chi connectivity index (χ0n) is 5.89. The van der Waals surface area contributed by atoms with E-state index >= 15 is 0 Å². The van der Waals surface area contributed by atoms with Gasteiger partial charge in [0.05, 0.1) is 12.9 Å². The first-order chi connectivity index (χ1) is 4.27. The van der Waals surface area contributed by atoms with Crippen molar-refractivity contribution in [3.05, 3.63) is 12.3 Å². The Morgan fingerprint density at radius 1 is 1.67 bits per heavy atom. The molecule has 0 aromatic rings. The van der Waals surface area contributed by atoms with E-state index in [0.29, 0.717) is 13.0 Å². The molecule has 0 aromatic carbocycles. The first-order valence-corrected chi connectivity index (χ1v) is 2.99. The van der Waals surface area contributed by atoms with Crippen molar-refractivity contribution >= 4 is 5.78 Å². The number of ketones is 1. The van der Waals surface area contributed by atoms with Gasteiger partial charge in [0.1, 0.15) is 5.78 Å². The highest BCUT2D eigenvalue weighted by Crippen LogP contribution is 1.84. The van der Waals surface area contributed by atoms with Gasteiger partial charge in [0, 0.05) is 6.42 Å². The third-order valence-corrected chi connectivity index (χ3v) is 0.804. The van der Waals surface area contributed by atoms with E-state index < -0.39 is 0 Å². The molecule has 0 radical (unpaired) electrons. The number of hydrogen-bond acceptors (Lipinski definition) is 2. The molecule has 52 valence electrons. The van der Waals surface area contributed by atoms with E-state index in [0.717, 1.165) is 0 Å². The Hall–Kier alpha value is -0.790. The Kier molecular flexibility index (Phi) is 4.88. The highest BCUT2D eigenvalue weighted by atomic mass is 16.5. The van der Waals surface area contributed by atoms with Crippen LogP contribution in [0.25, 0.3) is 0 Å². The van der Waals surface area contributed by atoms with Crippen molar-refractivity contribution in [3.8, 4) is 0 Å². The lowest BCUT2D eigenvalue weighted by Crippen LogP contribution is -1.95. The van der Waals surface area contributed by atoms with Crippen LogP contribution in [0.2, 0.25) is 0 Å². The molecular formula is C7H12O2. The Bertz CT molecular complexity index is 105. The molecule has 9 heavy (non-hydrogen) atoms. The molecule has 0 spiro atoms. The molecule has 0 aliphatic heterocycles. The number of carbonyl (C=O) groups is 1. The monoisotopic (exact) mass is 128 g/mol. The van der Waals surface area contributed by atoms with Crippen molar-refractivity contribution in [2.75, 3.05) is 6.61 Å². The largest absolute Gasteiger partial charge is 0.501 e. The quantitative estimate of drug-likeness (QED) is 0.424. The van der Waals surface area contributed by atoms with Crippen molar-refractivity contribution in [3.63, 3.8) is 0 Å². The number of Topliss-reactive ketones (excluding diaryl/α,β-unsaturated/α-hetero) is 1. The number of ether oxygens (including phenoxy) is 1. The van der Waals surface area contributed by atoms with Crippen molar-refractivity contribution in [2.45, 2.75) is 20.3 Å². The van der Waals surface area contributed by atoms with Crippen LogP contribution < -0.4 is 0 Å². The first kappa shape index (κ1) is 8.21. The molecule has 0 amide bonds. The Morgan fingerprint density at radius 3 is 2.78 bits per heavy atom. The first-order valence-electron chi connectivity index (χ1n) is 2.99. The summed E-state index contributed by atoms with van der Waals surface area (Å²) in [6, 6.07) is 0. The topological polar surface area (TPSA) is 26.3 Å². The minimum atomic E-state index is 0.166. The molecule has 0 bridgehead atoms. The van der Waals surface area contributed by atoms with Crippen LogP contribution in [0.4, 0.5) is 0 Å². The Balaban J connectivity index is 3.01. The van der Waals surface area contributed by atoms with E-state index in [2.05, 4.69) is 0 Å². The van der Waals surface area contributed by atoms with E-state index in [1.807, 2.05) is 6.92 Å². The maximum Gasteiger partial charge on any atom is 0.133 e. The second kappa shape index (κ2) is 5.35. The lowest BCUT2D eigenvalue weighted by molar-refractivity contribution is -0.117. The molecule has 0 aromatic heterocycles. The molecular weight excluding hydrogens is 116 g/mol. The molecule has 0 heterocycles. The van der Waals surface area contributed by atoms with Gasteiger partial charge in [-0.25, -0.2) is 0 Å². The van der Waals surface area contributed by atoms with Gasteiger partial charge in [-0.15, -0.1) is 0 Å². The SMILES string of the molecule is C/C=C/OCCC(C)=O. The second-order valence-corrected chi connectivity index (χ2v) is 1.79. The zero-order chi connectivity index (χ0) is 7.11. The molecule has 0 aliphatic rings. The number of allylic oxidation sites excluding steroid dienone is 1. The van der Waals surface area contributed by atoms with Crippen molar-refractivity contribution < 1.29 is 9.53 Å². The zero-order valence-corrected chi connectivity index (χ0v) is 5.89. The highest BCUT2D eigenvalue weighted by Gasteiger charge is 1.89. The summed E-state index contributed by atoms with van der Waals surface area (Å²) in [5, 5.41) is 0. The van der Waals surface area contributed by atoms with Gasteiger partial charge in [0.15, 0.2) is 0 Å². The van der Waals surface area contributed by atoms with E-state index in [9.17, 15) is 4.79 Å². The molecule has 0 aliphatic carbocycles. The van der Waals surface area contributed by atoms with Gasteiger partial charge >= 0.3 is 0 Å². The third kappa shape index (κ3) is 7.21. The van der Waals surface area contributed by atoms with Crippen LogP contribution in [0.3, 0.4) is 0 Å². The van der Waals surface area contributed by atoms with Crippen molar-refractivity contribution in [2.24, 2.45) is 0 Å². The van der Waals surface area contributed by atoms with Gasteiger partial charge in [0.2, 0.25) is 0 Å². The average molecular weight is 128 g/mol. The maximum atomic E-state index is 10.3. The Labute approximate surface area is 55.5 Å². The lowest BCUT2D eigenvalue weighted by Gasteiger charge is -1.94. The molecule has 0 saturated heterocycles. The second-order valence-electron chi connectivity index (χ2n) is 1.79. The summed E-state index contributed by atoms with van der Waals surface area (Å²) < 4.78 is 4.89. The molecule has 0 saturated carbocycles. The van der Waals surface area contributed by atoms with Gasteiger partial charge in [0.25, 0.3) is 0 Å². The fourth-order valence-corrected chi connectivity index (χ4v) is 0.367. The predicted molar refractivity (Wildman–Crippen MR) is 36.1 cm³/mol. The van der Waals surface area contributed by atoms with Crippen LogP contribution in [0, 0.1) is 0 Å². The van der Waals surface area contributed by atoms with Gasteiger partial charge < -0.3 is 4.74 Å². The van der Waals surface area contributed by atoms with Gasteiger partial charge in [-0.3, -0.25) is 4.79 Å². The molecule has 0 atom stereocenters. The minimum absolute atomic E-state index is 0.166. The third-order valence-electron chi connectivity index (χ3n) is 0.804. The normalized spacial score (nSPS) is 10.0. The summed E-state index contributed by atoms with van der Waals surface area (Å²) in [5.74, 6) is 0.166. The summed E-state index contributed by atoms with van der Waals surface area (Å²) in [6.45, 7) is 3.92.